The zero-order valence-electron chi connectivity index (χ0n) is 9.12. The number of carbonyl (C=O) groups excluding carboxylic acids is 1. The maximum absolute atomic E-state index is 11.0. The zero-order chi connectivity index (χ0) is 11.3. The molecule has 0 aliphatic rings. The molecule has 1 aromatic carbocycles. The first-order valence-electron chi connectivity index (χ1n) is 5.05. The lowest BCUT2D eigenvalue weighted by Crippen LogP contribution is -2.03. The maximum atomic E-state index is 11.0. The highest BCUT2D eigenvalue weighted by molar-refractivity contribution is 5.69. The van der Waals surface area contributed by atoms with Crippen LogP contribution in [0, 0.1) is 0 Å². The Balaban J connectivity index is 2.72. The first-order valence-corrected chi connectivity index (χ1v) is 5.05. The molecule has 0 fully saturated rings. The van der Waals surface area contributed by atoms with Gasteiger partial charge in [0.15, 0.2) is 0 Å². The van der Waals surface area contributed by atoms with Crippen LogP contribution in [0.1, 0.15) is 24.5 Å². The van der Waals surface area contributed by atoms with E-state index in [1.54, 1.807) is 12.1 Å². The molecule has 0 aliphatic carbocycles. The zero-order valence-corrected chi connectivity index (χ0v) is 9.12. The fraction of sp³-hybridized carbons (Fsp3) is 0.417. The summed E-state index contributed by atoms with van der Waals surface area (Å²) in [5.41, 5.74) is 2.18. The normalized spacial score (nSPS) is 10.0. The van der Waals surface area contributed by atoms with E-state index in [0.717, 1.165) is 17.5 Å². The monoisotopic (exact) mass is 208 g/mol. The predicted molar refractivity (Wildman–Crippen MR) is 57.8 cm³/mol. The largest absolute Gasteiger partial charge is 0.508 e. The van der Waals surface area contributed by atoms with Gasteiger partial charge < -0.3 is 9.84 Å². The van der Waals surface area contributed by atoms with E-state index in [9.17, 15) is 9.90 Å². The van der Waals surface area contributed by atoms with Crippen LogP contribution in [0.3, 0.4) is 0 Å². The Kier molecular flexibility index (Phi) is 4.16. The minimum absolute atomic E-state index is 0.204. The molecule has 0 aliphatic heterocycles. The van der Waals surface area contributed by atoms with Gasteiger partial charge in [0.2, 0.25) is 0 Å². The number of aromatic hydroxyl groups is 1. The second-order valence-electron chi connectivity index (χ2n) is 3.38. The molecule has 3 nitrogen and oxygen atoms in total. The summed E-state index contributed by atoms with van der Waals surface area (Å²) in [5.74, 6) is 0.0683. The Hall–Kier alpha value is -1.51. The van der Waals surface area contributed by atoms with E-state index in [4.69, 9.17) is 0 Å². The van der Waals surface area contributed by atoms with Crippen molar-refractivity contribution in [1.29, 1.82) is 0 Å². The van der Waals surface area contributed by atoms with Crippen molar-refractivity contribution in [1.82, 2.24) is 0 Å². The van der Waals surface area contributed by atoms with Crippen molar-refractivity contribution in [2.45, 2.75) is 26.2 Å². The molecule has 15 heavy (non-hydrogen) atoms. The second-order valence-corrected chi connectivity index (χ2v) is 3.38. The molecule has 0 heterocycles. The number of carbonyl (C=O) groups is 1. The van der Waals surface area contributed by atoms with Crippen LogP contribution in [-0.2, 0) is 22.4 Å². The van der Waals surface area contributed by atoms with Crippen LogP contribution >= 0.6 is 0 Å². The van der Waals surface area contributed by atoms with Gasteiger partial charge in [0.25, 0.3) is 0 Å². The van der Waals surface area contributed by atoms with Crippen LogP contribution in [0.2, 0.25) is 0 Å². The fourth-order valence-electron chi connectivity index (χ4n) is 1.52. The molecule has 0 saturated heterocycles. The Morgan fingerprint density at radius 1 is 1.40 bits per heavy atom. The number of rotatable bonds is 4. The van der Waals surface area contributed by atoms with Crippen LogP contribution in [0.15, 0.2) is 18.2 Å². The molecule has 82 valence electrons. The summed E-state index contributed by atoms with van der Waals surface area (Å²) >= 11 is 0. The number of hydrogen-bond acceptors (Lipinski definition) is 3. The summed E-state index contributed by atoms with van der Waals surface area (Å²) in [6, 6.07) is 5.25. The van der Waals surface area contributed by atoms with Gasteiger partial charge >= 0.3 is 5.97 Å². The van der Waals surface area contributed by atoms with Gasteiger partial charge in [-0.3, -0.25) is 4.79 Å². The molecule has 0 amide bonds. The van der Waals surface area contributed by atoms with Crippen LogP contribution in [0.5, 0.6) is 5.75 Å². The summed E-state index contributed by atoms with van der Waals surface area (Å²) in [6.07, 6.45) is 1.90. The standard InChI is InChI=1S/C12H16O3/c1-3-9-8-11(13)6-4-10(9)5-7-12(14)15-2/h4,6,8,13H,3,5,7H2,1-2H3. The van der Waals surface area contributed by atoms with Gasteiger partial charge in [-0.1, -0.05) is 13.0 Å². The second kappa shape index (κ2) is 5.39. The van der Waals surface area contributed by atoms with E-state index < -0.39 is 0 Å². The van der Waals surface area contributed by atoms with Gasteiger partial charge in [-0.15, -0.1) is 0 Å². The molecule has 0 bridgehead atoms. The number of esters is 1. The van der Waals surface area contributed by atoms with Crippen LogP contribution in [0.4, 0.5) is 0 Å². The summed E-state index contributed by atoms with van der Waals surface area (Å²) in [4.78, 5) is 11.0. The highest BCUT2D eigenvalue weighted by atomic mass is 16.5. The average molecular weight is 208 g/mol. The molecule has 0 atom stereocenters. The quantitative estimate of drug-likeness (QED) is 0.770. The Bertz CT molecular complexity index is 345. The van der Waals surface area contributed by atoms with Crippen molar-refractivity contribution in [2.75, 3.05) is 7.11 Å². The third-order valence-electron chi connectivity index (χ3n) is 2.40. The van der Waals surface area contributed by atoms with E-state index in [-0.39, 0.29) is 11.7 Å². The topological polar surface area (TPSA) is 46.5 Å². The number of ether oxygens (including phenoxy) is 1. The van der Waals surface area contributed by atoms with Crippen molar-refractivity contribution in [3.05, 3.63) is 29.3 Å². The minimum Gasteiger partial charge on any atom is -0.508 e. The Morgan fingerprint density at radius 2 is 2.13 bits per heavy atom. The fourth-order valence-corrected chi connectivity index (χ4v) is 1.52. The van der Waals surface area contributed by atoms with Crippen molar-refractivity contribution >= 4 is 5.97 Å². The minimum atomic E-state index is -0.204. The SMILES string of the molecule is CCc1cc(O)ccc1CCC(=O)OC. The summed E-state index contributed by atoms with van der Waals surface area (Å²) in [7, 11) is 1.39. The first-order chi connectivity index (χ1) is 7.17. The van der Waals surface area contributed by atoms with E-state index in [2.05, 4.69) is 4.74 Å². The van der Waals surface area contributed by atoms with Gasteiger partial charge in [0.05, 0.1) is 7.11 Å². The lowest BCUT2D eigenvalue weighted by atomic mass is 10.0. The van der Waals surface area contributed by atoms with E-state index in [1.807, 2.05) is 13.0 Å². The van der Waals surface area contributed by atoms with Gasteiger partial charge in [-0.2, -0.15) is 0 Å². The Labute approximate surface area is 89.7 Å². The first kappa shape index (κ1) is 11.6. The van der Waals surface area contributed by atoms with Crippen molar-refractivity contribution < 1.29 is 14.6 Å². The van der Waals surface area contributed by atoms with Crippen LogP contribution in [-0.4, -0.2) is 18.2 Å². The van der Waals surface area contributed by atoms with E-state index in [1.165, 1.54) is 7.11 Å². The third-order valence-corrected chi connectivity index (χ3v) is 2.40. The molecule has 0 unspecified atom stereocenters. The number of aryl methyl sites for hydroxylation is 2. The molecule has 3 heteroatoms. The number of benzene rings is 1. The number of phenolic OH excluding ortho intramolecular Hbond substituents is 1. The summed E-state index contributed by atoms with van der Waals surface area (Å²) in [5, 5.41) is 9.30. The summed E-state index contributed by atoms with van der Waals surface area (Å²) < 4.78 is 4.58. The molecule has 0 saturated carbocycles. The van der Waals surface area contributed by atoms with Gasteiger partial charge in [0, 0.05) is 6.42 Å². The van der Waals surface area contributed by atoms with Crippen molar-refractivity contribution in [3.63, 3.8) is 0 Å². The highest BCUT2D eigenvalue weighted by Gasteiger charge is 2.05. The van der Waals surface area contributed by atoms with E-state index >= 15 is 0 Å². The maximum Gasteiger partial charge on any atom is 0.305 e. The van der Waals surface area contributed by atoms with Crippen molar-refractivity contribution in [2.24, 2.45) is 0 Å². The van der Waals surface area contributed by atoms with Crippen molar-refractivity contribution in [3.8, 4) is 5.75 Å². The molecule has 1 N–H and O–H groups in total. The highest BCUT2D eigenvalue weighted by Crippen LogP contribution is 2.18. The van der Waals surface area contributed by atoms with Crippen LogP contribution < -0.4 is 0 Å². The van der Waals surface area contributed by atoms with Gasteiger partial charge in [-0.05, 0) is 36.1 Å². The van der Waals surface area contributed by atoms with Gasteiger partial charge in [0.1, 0.15) is 5.75 Å². The molecule has 1 rings (SSSR count). The molecular weight excluding hydrogens is 192 g/mol. The van der Waals surface area contributed by atoms with Crippen LogP contribution in [0.25, 0.3) is 0 Å². The third kappa shape index (κ3) is 3.27. The molecule has 0 aromatic heterocycles. The number of phenols is 1. The number of methoxy groups -OCH3 is 1. The molecular formula is C12H16O3. The van der Waals surface area contributed by atoms with Gasteiger partial charge in [-0.25, -0.2) is 0 Å². The molecule has 1 aromatic rings. The summed E-state index contributed by atoms with van der Waals surface area (Å²) in [6.45, 7) is 2.02. The lowest BCUT2D eigenvalue weighted by molar-refractivity contribution is -0.140. The smallest absolute Gasteiger partial charge is 0.305 e. The molecule has 0 spiro atoms. The average Bonchev–Trinajstić information content (AvgIpc) is 2.26. The molecule has 0 radical (unpaired) electrons. The lowest BCUT2D eigenvalue weighted by Gasteiger charge is -2.07. The van der Waals surface area contributed by atoms with E-state index in [0.29, 0.717) is 12.8 Å². The Morgan fingerprint density at radius 3 is 2.73 bits per heavy atom. The number of hydrogen-bond donors (Lipinski definition) is 1. The predicted octanol–water partition coefficient (Wildman–Crippen LogP) is 2.06.